The molecule has 1 N–H and O–H groups in total. The van der Waals surface area contributed by atoms with E-state index < -0.39 is 0 Å². The Kier molecular flexibility index (Phi) is 5.03. The first-order chi connectivity index (χ1) is 10.8. The minimum absolute atomic E-state index is 0.800. The number of hydrogen-bond acceptors (Lipinski definition) is 3. The van der Waals surface area contributed by atoms with Crippen molar-refractivity contribution in [2.75, 3.05) is 26.2 Å². The molecule has 1 aromatic heterocycles. The molecular formula is C17H20ClN4+. The molecule has 22 heavy (non-hydrogen) atoms. The van der Waals surface area contributed by atoms with Gasteiger partial charge in [0.15, 0.2) is 0 Å². The molecule has 1 aromatic carbocycles. The van der Waals surface area contributed by atoms with E-state index in [1.54, 1.807) is 17.3 Å². The van der Waals surface area contributed by atoms with Crippen LogP contribution in [-0.2, 0) is 6.54 Å². The maximum atomic E-state index is 5.93. The van der Waals surface area contributed by atoms with Crippen molar-refractivity contribution < 1.29 is 4.90 Å². The first-order valence-electron chi connectivity index (χ1n) is 7.56. The van der Waals surface area contributed by atoms with Crippen LogP contribution in [0.15, 0.2) is 53.9 Å². The lowest BCUT2D eigenvalue weighted by molar-refractivity contribution is -0.918. The summed E-state index contributed by atoms with van der Waals surface area (Å²) in [5.41, 5.74) is 2.43. The quantitative estimate of drug-likeness (QED) is 0.867. The van der Waals surface area contributed by atoms with E-state index in [0.717, 1.165) is 43.3 Å². The molecular weight excluding hydrogens is 296 g/mol. The Labute approximate surface area is 136 Å². The highest BCUT2D eigenvalue weighted by atomic mass is 35.5. The minimum Gasteiger partial charge on any atom is -0.328 e. The van der Waals surface area contributed by atoms with Crippen LogP contribution in [0.4, 0.5) is 0 Å². The van der Waals surface area contributed by atoms with Crippen LogP contribution in [0.2, 0.25) is 5.02 Å². The second-order valence-electron chi connectivity index (χ2n) is 5.53. The Morgan fingerprint density at radius 1 is 1.09 bits per heavy atom. The van der Waals surface area contributed by atoms with E-state index in [1.807, 2.05) is 30.5 Å². The molecule has 0 radical (unpaired) electrons. The standard InChI is InChI=1S/C17H19ClN4/c18-17-3-1-16(2-4-17)14-21-9-11-22(12-10-21)20-13-15-5-7-19-8-6-15/h1-8,13H,9-12,14H2/p+1/b20-13-. The molecule has 0 saturated carbocycles. The van der Waals surface area contributed by atoms with Gasteiger partial charge in [0.05, 0.1) is 32.4 Å². The van der Waals surface area contributed by atoms with Crippen LogP contribution in [0.3, 0.4) is 0 Å². The lowest BCUT2D eigenvalue weighted by Crippen LogP contribution is -3.13. The molecule has 1 fully saturated rings. The number of piperazine rings is 1. The number of nitrogens with one attached hydrogen (secondary N) is 1. The van der Waals surface area contributed by atoms with Gasteiger partial charge in [0, 0.05) is 23.0 Å². The van der Waals surface area contributed by atoms with Gasteiger partial charge < -0.3 is 4.90 Å². The summed E-state index contributed by atoms with van der Waals surface area (Å²) in [5, 5.41) is 7.50. The van der Waals surface area contributed by atoms with Gasteiger partial charge in [-0.3, -0.25) is 9.99 Å². The maximum Gasteiger partial charge on any atom is 0.103 e. The Morgan fingerprint density at radius 3 is 2.45 bits per heavy atom. The van der Waals surface area contributed by atoms with Crippen molar-refractivity contribution in [3.8, 4) is 0 Å². The summed E-state index contributed by atoms with van der Waals surface area (Å²) < 4.78 is 0. The third-order valence-corrected chi connectivity index (χ3v) is 4.14. The van der Waals surface area contributed by atoms with Gasteiger partial charge in [0.2, 0.25) is 0 Å². The van der Waals surface area contributed by atoms with Crippen LogP contribution in [0.5, 0.6) is 0 Å². The second kappa shape index (κ2) is 7.38. The third-order valence-electron chi connectivity index (χ3n) is 3.89. The molecule has 1 saturated heterocycles. The highest BCUT2D eigenvalue weighted by Crippen LogP contribution is 2.08. The van der Waals surface area contributed by atoms with Crippen LogP contribution in [0.1, 0.15) is 11.1 Å². The highest BCUT2D eigenvalue weighted by molar-refractivity contribution is 6.30. The van der Waals surface area contributed by atoms with Gasteiger partial charge in [0.25, 0.3) is 0 Å². The zero-order valence-electron chi connectivity index (χ0n) is 12.5. The maximum absolute atomic E-state index is 5.93. The molecule has 4 nitrogen and oxygen atoms in total. The van der Waals surface area contributed by atoms with Crippen LogP contribution in [0.25, 0.3) is 0 Å². The number of hydrazone groups is 1. The largest absolute Gasteiger partial charge is 0.328 e. The molecule has 0 spiro atoms. The van der Waals surface area contributed by atoms with Crippen molar-refractivity contribution in [3.63, 3.8) is 0 Å². The summed E-state index contributed by atoms with van der Waals surface area (Å²) in [4.78, 5) is 5.60. The lowest BCUT2D eigenvalue weighted by atomic mass is 10.2. The van der Waals surface area contributed by atoms with Gasteiger partial charge in [0.1, 0.15) is 6.54 Å². The molecule has 0 amide bonds. The van der Waals surface area contributed by atoms with Crippen molar-refractivity contribution >= 4 is 17.8 Å². The fourth-order valence-electron chi connectivity index (χ4n) is 2.59. The van der Waals surface area contributed by atoms with Crippen LogP contribution >= 0.6 is 11.6 Å². The summed E-state index contributed by atoms with van der Waals surface area (Å²) in [6, 6.07) is 12.1. The summed E-state index contributed by atoms with van der Waals surface area (Å²) >= 11 is 5.93. The van der Waals surface area contributed by atoms with E-state index in [9.17, 15) is 0 Å². The van der Waals surface area contributed by atoms with E-state index in [0.29, 0.717) is 0 Å². The van der Waals surface area contributed by atoms with Crippen molar-refractivity contribution in [2.45, 2.75) is 6.54 Å². The van der Waals surface area contributed by atoms with Gasteiger partial charge in [-0.2, -0.15) is 5.10 Å². The SMILES string of the molecule is Clc1ccc(C[NH+]2CCN(/N=C\c3ccncc3)CC2)cc1. The fraction of sp³-hybridized carbons (Fsp3) is 0.294. The predicted molar refractivity (Wildman–Crippen MR) is 89.3 cm³/mol. The van der Waals surface area contributed by atoms with Gasteiger partial charge in [-0.05, 0) is 29.8 Å². The molecule has 2 aromatic rings. The van der Waals surface area contributed by atoms with E-state index in [2.05, 4.69) is 27.2 Å². The highest BCUT2D eigenvalue weighted by Gasteiger charge is 2.18. The van der Waals surface area contributed by atoms with Gasteiger partial charge in [-0.1, -0.05) is 23.7 Å². The molecule has 0 bridgehead atoms. The average Bonchev–Trinajstić information content (AvgIpc) is 2.57. The number of hydrogen-bond donors (Lipinski definition) is 1. The van der Waals surface area contributed by atoms with Gasteiger partial charge in [-0.15, -0.1) is 0 Å². The number of aromatic nitrogens is 1. The van der Waals surface area contributed by atoms with Crippen molar-refractivity contribution in [1.29, 1.82) is 0 Å². The Bertz CT molecular complexity index is 604. The van der Waals surface area contributed by atoms with Gasteiger partial charge in [-0.25, -0.2) is 0 Å². The number of quaternary nitrogens is 1. The Morgan fingerprint density at radius 2 is 1.77 bits per heavy atom. The van der Waals surface area contributed by atoms with Crippen molar-refractivity contribution in [3.05, 3.63) is 64.9 Å². The smallest absolute Gasteiger partial charge is 0.103 e. The third kappa shape index (κ3) is 4.29. The molecule has 2 heterocycles. The average molecular weight is 316 g/mol. The lowest BCUT2D eigenvalue weighted by Gasteiger charge is -2.30. The molecule has 114 valence electrons. The first kappa shape index (κ1) is 15.0. The Hall–Kier alpha value is -1.91. The number of rotatable bonds is 4. The zero-order valence-corrected chi connectivity index (χ0v) is 13.2. The number of nitrogens with zero attached hydrogens (tertiary/aromatic N) is 3. The monoisotopic (exact) mass is 315 g/mol. The summed E-state index contributed by atoms with van der Waals surface area (Å²) in [7, 11) is 0. The first-order valence-corrected chi connectivity index (χ1v) is 7.94. The van der Waals surface area contributed by atoms with E-state index >= 15 is 0 Å². The van der Waals surface area contributed by atoms with E-state index in [4.69, 9.17) is 11.6 Å². The number of halogens is 1. The molecule has 0 atom stereocenters. The van der Waals surface area contributed by atoms with Gasteiger partial charge >= 0.3 is 0 Å². The molecule has 1 aliphatic rings. The molecule has 5 heteroatoms. The van der Waals surface area contributed by atoms with Crippen molar-refractivity contribution in [2.24, 2.45) is 5.10 Å². The molecule has 1 aliphatic heterocycles. The molecule has 0 aliphatic carbocycles. The molecule has 0 unspecified atom stereocenters. The topological polar surface area (TPSA) is 32.9 Å². The van der Waals surface area contributed by atoms with Crippen LogP contribution in [0, 0.1) is 0 Å². The number of benzene rings is 1. The summed E-state index contributed by atoms with van der Waals surface area (Å²) in [5.74, 6) is 0. The van der Waals surface area contributed by atoms with Crippen LogP contribution in [-0.4, -0.2) is 42.4 Å². The second-order valence-corrected chi connectivity index (χ2v) is 5.97. The zero-order chi connectivity index (χ0) is 15.2. The Balaban J connectivity index is 1.48. The predicted octanol–water partition coefficient (Wildman–Crippen LogP) is 1.47. The summed E-state index contributed by atoms with van der Waals surface area (Å²) in [6.07, 6.45) is 5.48. The minimum atomic E-state index is 0.800. The normalized spacial score (nSPS) is 16.3. The van der Waals surface area contributed by atoms with E-state index in [-0.39, 0.29) is 0 Å². The van der Waals surface area contributed by atoms with E-state index in [1.165, 1.54) is 5.56 Å². The number of pyridine rings is 1. The molecule has 3 rings (SSSR count). The fourth-order valence-corrected chi connectivity index (χ4v) is 2.72. The van der Waals surface area contributed by atoms with Crippen LogP contribution < -0.4 is 4.90 Å². The summed E-state index contributed by atoms with van der Waals surface area (Å²) in [6.45, 7) is 5.25. The van der Waals surface area contributed by atoms with Crippen molar-refractivity contribution in [1.82, 2.24) is 9.99 Å².